The van der Waals surface area contributed by atoms with Gasteiger partial charge in [0.1, 0.15) is 5.82 Å². The molecule has 0 aliphatic carbocycles. The number of nitrogens with one attached hydrogen (secondary N) is 2. The highest BCUT2D eigenvalue weighted by Gasteiger charge is 2.11. The minimum absolute atomic E-state index is 0. The monoisotopic (exact) mass is 484 g/mol. The molecule has 0 spiro atoms. The molecule has 0 aliphatic rings. The summed E-state index contributed by atoms with van der Waals surface area (Å²) in [4.78, 5) is 16.7. The number of H-pyrrole nitrogens is 1. The minimum atomic E-state index is 0. The maximum Gasteiger partial charge on any atom is 0.193 e. The molecule has 2 N–H and O–H groups in total. The first-order chi connectivity index (χ1) is 12.5. The van der Waals surface area contributed by atoms with Crippen LogP contribution in [0.1, 0.15) is 26.1 Å². The van der Waals surface area contributed by atoms with Gasteiger partial charge in [0.05, 0.1) is 18.4 Å². The van der Waals surface area contributed by atoms with Crippen LogP contribution in [0.2, 0.25) is 0 Å². The van der Waals surface area contributed by atoms with Gasteiger partial charge in [-0.1, -0.05) is 37.3 Å². The molecule has 27 heavy (non-hydrogen) atoms. The van der Waals surface area contributed by atoms with Crippen molar-refractivity contribution in [2.75, 3.05) is 34.2 Å². The molecular formula is C20H33IN6. The molecule has 7 heteroatoms. The molecule has 0 radical (unpaired) electrons. The maximum absolute atomic E-state index is 4.50. The van der Waals surface area contributed by atoms with Gasteiger partial charge in [0.2, 0.25) is 0 Å². The van der Waals surface area contributed by atoms with Gasteiger partial charge in [0, 0.05) is 33.2 Å². The standard InChI is InChI=1S/C20H32N6.HI/c1-6-16(2)25(4)13-12-22-20(21-3)26(5)15-19-23-14-18(24-19)17-10-8-7-9-11-17;/h7-11,14,16H,6,12-13,15H2,1-5H3,(H,21,22)(H,23,24);1H. The van der Waals surface area contributed by atoms with E-state index in [4.69, 9.17) is 0 Å². The minimum Gasteiger partial charge on any atom is -0.355 e. The predicted molar refractivity (Wildman–Crippen MR) is 125 cm³/mol. The zero-order valence-electron chi connectivity index (χ0n) is 17.1. The Morgan fingerprint density at radius 1 is 1.26 bits per heavy atom. The second-order valence-electron chi connectivity index (χ2n) is 6.68. The van der Waals surface area contributed by atoms with Crippen molar-refractivity contribution in [3.05, 3.63) is 42.4 Å². The van der Waals surface area contributed by atoms with Gasteiger partial charge < -0.3 is 20.1 Å². The van der Waals surface area contributed by atoms with Gasteiger partial charge in [0.25, 0.3) is 0 Å². The molecule has 1 aromatic carbocycles. The molecule has 0 saturated heterocycles. The molecule has 0 amide bonds. The lowest BCUT2D eigenvalue weighted by molar-refractivity contribution is 0.255. The highest BCUT2D eigenvalue weighted by atomic mass is 127. The lowest BCUT2D eigenvalue weighted by Gasteiger charge is -2.25. The van der Waals surface area contributed by atoms with Crippen LogP contribution in [-0.4, -0.2) is 66.0 Å². The van der Waals surface area contributed by atoms with Crippen LogP contribution in [0.25, 0.3) is 11.3 Å². The number of hydrogen-bond acceptors (Lipinski definition) is 3. The van der Waals surface area contributed by atoms with E-state index < -0.39 is 0 Å². The third-order valence-electron chi connectivity index (χ3n) is 4.76. The Morgan fingerprint density at radius 2 is 1.96 bits per heavy atom. The summed E-state index contributed by atoms with van der Waals surface area (Å²) >= 11 is 0. The molecule has 0 aliphatic heterocycles. The predicted octanol–water partition coefficient (Wildman–Crippen LogP) is 3.43. The van der Waals surface area contributed by atoms with E-state index >= 15 is 0 Å². The number of guanidine groups is 1. The summed E-state index contributed by atoms with van der Waals surface area (Å²) in [5, 5.41) is 3.43. The van der Waals surface area contributed by atoms with Crippen molar-refractivity contribution < 1.29 is 0 Å². The lowest BCUT2D eigenvalue weighted by Crippen LogP contribution is -2.43. The molecule has 150 valence electrons. The number of halogens is 1. The van der Waals surface area contributed by atoms with Gasteiger partial charge in [-0.15, -0.1) is 24.0 Å². The molecule has 2 rings (SSSR count). The molecule has 1 atom stereocenters. The highest BCUT2D eigenvalue weighted by Crippen LogP contribution is 2.16. The number of hydrogen-bond donors (Lipinski definition) is 2. The SMILES string of the molecule is CCC(C)N(C)CCNC(=NC)N(C)Cc1ncc(-c2ccccc2)[nH]1.I. The third kappa shape index (κ3) is 7.14. The fourth-order valence-corrected chi connectivity index (χ4v) is 2.77. The van der Waals surface area contributed by atoms with Crippen LogP contribution in [-0.2, 0) is 6.54 Å². The van der Waals surface area contributed by atoms with Gasteiger partial charge in [-0.2, -0.15) is 0 Å². The van der Waals surface area contributed by atoms with Crippen LogP contribution in [0, 0.1) is 0 Å². The van der Waals surface area contributed by atoms with Crippen molar-refractivity contribution in [1.82, 2.24) is 25.1 Å². The average molecular weight is 484 g/mol. The number of aromatic nitrogens is 2. The largest absolute Gasteiger partial charge is 0.355 e. The Morgan fingerprint density at radius 3 is 2.59 bits per heavy atom. The van der Waals surface area contributed by atoms with E-state index in [9.17, 15) is 0 Å². The van der Waals surface area contributed by atoms with E-state index in [1.807, 2.05) is 38.5 Å². The van der Waals surface area contributed by atoms with E-state index in [0.717, 1.165) is 42.6 Å². The van der Waals surface area contributed by atoms with Crippen molar-refractivity contribution in [3.63, 3.8) is 0 Å². The van der Waals surface area contributed by atoms with Crippen molar-refractivity contribution in [2.24, 2.45) is 4.99 Å². The summed E-state index contributed by atoms with van der Waals surface area (Å²) < 4.78 is 0. The molecule has 0 saturated carbocycles. The summed E-state index contributed by atoms with van der Waals surface area (Å²) in [6.45, 7) is 7.00. The Bertz CT molecular complexity index is 685. The molecule has 0 fully saturated rings. The molecule has 1 heterocycles. The van der Waals surface area contributed by atoms with Gasteiger partial charge in [-0.3, -0.25) is 4.99 Å². The summed E-state index contributed by atoms with van der Waals surface area (Å²) in [6, 6.07) is 10.8. The fraction of sp³-hybridized carbons (Fsp3) is 0.500. The number of aromatic amines is 1. The van der Waals surface area contributed by atoms with E-state index in [1.54, 1.807) is 0 Å². The van der Waals surface area contributed by atoms with Crippen molar-refractivity contribution in [1.29, 1.82) is 0 Å². The second-order valence-corrected chi connectivity index (χ2v) is 6.68. The summed E-state index contributed by atoms with van der Waals surface area (Å²) in [7, 11) is 6.00. The number of likely N-dealkylation sites (N-methyl/N-ethyl adjacent to an activating group) is 1. The highest BCUT2D eigenvalue weighted by molar-refractivity contribution is 14.0. The van der Waals surface area contributed by atoms with Crippen molar-refractivity contribution >= 4 is 29.9 Å². The average Bonchev–Trinajstić information content (AvgIpc) is 3.13. The van der Waals surface area contributed by atoms with Crippen LogP contribution < -0.4 is 5.32 Å². The normalized spacial score (nSPS) is 12.6. The van der Waals surface area contributed by atoms with Gasteiger partial charge in [0.15, 0.2) is 5.96 Å². The first-order valence-corrected chi connectivity index (χ1v) is 9.26. The van der Waals surface area contributed by atoms with Gasteiger partial charge >= 0.3 is 0 Å². The van der Waals surface area contributed by atoms with Crippen LogP contribution in [0.3, 0.4) is 0 Å². The molecule has 0 bridgehead atoms. The number of imidazole rings is 1. The van der Waals surface area contributed by atoms with Crippen LogP contribution in [0.15, 0.2) is 41.5 Å². The molecule has 1 aromatic heterocycles. The van der Waals surface area contributed by atoms with Crippen molar-refractivity contribution in [3.8, 4) is 11.3 Å². The quantitative estimate of drug-likeness (QED) is 0.343. The van der Waals surface area contributed by atoms with E-state index in [0.29, 0.717) is 12.6 Å². The van der Waals surface area contributed by atoms with Crippen LogP contribution in [0.4, 0.5) is 0 Å². The van der Waals surface area contributed by atoms with Crippen LogP contribution >= 0.6 is 24.0 Å². The van der Waals surface area contributed by atoms with Crippen LogP contribution in [0.5, 0.6) is 0 Å². The number of rotatable bonds is 8. The summed E-state index contributed by atoms with van der Waals surface area (Å²) in [5.74, 6) is 1.80. The van der Waals surface area contributed by atoms with E-state index in [1.165, 1.54) is 0 Å². The Hall–Kier alpha value is -1.61. The molecule has 6 nitrogen and oxygen atoms in total. The number of aliphatic imine (C=N–C) groups is 1. The lowest BCUT2D eigenvalue weighted by atomic mass is 10.2. The first-order valence-electron chi connectivity index (χ1n) is 9.26. The zero-order chi connectivity index (χ0) is 18.9. The zero-order valence-corrected chi connectivity index (χ0v) is 19.4. The molecular weight excluding hydrogens is 451 g/mol. The van der Waals surface area contributed by atoms with E-state index in [-0.39, 0.29) is 24.0 Å². The summed E-state index contributed by atoms with van der Waals surface area (Å²) in [5.41, 5.74) is 2.18. The Balaban J connectivity index is 0.00000364. The second kappa shape index (κ2) is 12.0. The first kappa shape index (κ1) is 23.4. The van der Waals surface area contributed by atoms with E-state index in [2.05, 4.69) is 63.1 Å². The smallest absolute Gasteiger partial charge is 0.193 e. The van der Waals surface area contributed by atoms with Gasteiger partial charge in [-0.05, 0) is 26.0 Å². The van der Waals surface area contributed by atoms with Gasteiger partial charge in [-0.25, -0.2) is 4.98 Å². The molecule has 1 unspecified atom stereocenters. The van der Waals surface area contributed by atoms with Crippen molar-refractivity contribution in [2.45, 2.75) is 32.9 Å². The maximum atomic E-state index is 4.50. The number of benzene rings is 1. The Labute approximate surface area is 180 Å². The summed E-state index contributed by atoms with van der Waals surface area (Å²) in [6.07, 6.45) is 3.04. The molecule has 2 aromatic rings. The fourth-order valence-electron chi connectivity index (χ4n) is 2.77. The number of nitrogens with zero attached hydrogens (tertiary/aromatic N) is 4. The Kier molecular flexibility index (Phi) is 10.4. The third-order valence-corrected chi connectivity index (χ3v) is 4.76. The topological polar surface area (TPSA) is 59.5 Å².